The zero-order valence-electron chi connectivity index (χ0n) is 16.4. The minimum absolute atomic E-state index is 0.289. The van der Waals surface area contributed by atoms with Gasteiger partial charge in [-0.2, -0.15) is 5.10 Å². The number of esters is 1. The van der Waals surface area contributed by atoms with Crippen LogP contribution in [0, 0.1) is 0 Å². The molecule has 1 amide bonds. The van der Waals surface area contributed by atoms with Crippen molar-refractivity contribution in [2.75, 3.05) is 0 Å². The largest absolute Gasteiger partial charge is 0.481 e. The van der Waals surface area contributed by atoms with Gasteiger partial charge in [-0.15, -0.1) is 0 Å². The van der Waals surface area contributed by atoms with E-state index in [1.165, 1.54) is 6.21 Å². The lowest BCUT2D eigenvalue weighted by Gasteiger charge is -2.12. The molecule has 1 N–H and O–H groups in total. The van der Waals surface area contributed by atoms with Crippen LogP contribution in [0.1, 0.15) is 22.8 Å². The van der Waals surface area contributed by atoms with Crippen LogP contribution in [0.3, 0.4) is 0 Å². The lowest BCUT2D eigenvalue weighted by molar-refractivity contribution is -0.127. The summed E-state index contributed by atoms with van der Waals surface area (Å²) in [5, 5.41) is 4.26. The number of rotatable bonds is 7. The number of benzene rings is 3. The molecule has 1 unspecified atom stereocenters. The molecule has 158 valence electrons. The predicted octanol–water partition coefficient (Wildman–Crippen LogP) is 5.24. The van der Waals surface area contributed by atoms with Gasteiger partial charge < -0.3 is 9.47 Å². The van der Waals surface area contributed by atoms with Crippen molar-refractivity contribution in [2.45, 2.75) is 13.0 Å². The first-order valence-corrected chi connectivity index (χ1v) is 10.4. The number of carbonyl (C=O) groups excluding carboxylic acids is 2. The molecule has 0 saturated carbocycles. The fourth-order valence-electron chi connectivity index (χ4n) is 2.44. The van der Waals surface area contributed by atoms with Gasteiger partial charge in [-0.1, -0.05) is 39.7 Å². The van der Waals surface area contributed by atoms with Gasteiger partial charge in [0.25, 0.3) is 5.91 Å². The number of hydrogen-bond acceptors (Lipinski definition) is 5. The van der Waals surface area contributed by atoms with E-state index in [-0.39, 0.29) is 11.5 Å². The van der Waals surface area contributed by atoms with Crippen LogP contribution >= 0.6 is 27.5 Å². The third-order valence-corrected chi connectivity index (χ3v) is 4.93. The van der Waals surface area contributed by atoms with Crippen LogP contribution in [0.5, 0.6) is 11.5 Å². The highest BCUT2D eigenvalue weighted by atomic mass is 79.9. The maximum Gasteiger partial charge on any atom is 0.345 e. The summed E-state index contributed by atoms with van der Waals surface area (Å²) in [5.74, 6) is 0.0166. The lowest BCUT2D eigenvalue weighted by Crippen LogP contribution is -2.33. The first-order chi connectivity index (χ1) is 14.9. The van der Waals surface area contributed by atoms with E-state index in [4.69, 9.17) is 21.1 Å². The third kappa shape index (κ3) is 6.67. The summed E-state index contributed by atoms with van der Waals surface area (Å²) in [6, 6.07) is 20.5. The van der Waals surface area contributed by atoms with Gasteiger partial charge in [0.15, 0.2) is 6.10 Å². The monoisotopic (exact) mass is 500 g/mol. The molecule has 3 aromatic carbocycles. The summed E-state index contributed by atoms with van der Waals surface area (Å²) < 4.78 is 11.8. The molecule has 1 atom stereocenters. The maximum absolute atomic E-state index is 12.2. The number of ether oxygens (including phenoxy) is 2. The zero-order chi connectivity index (χ0) is 22.2. The van der Waals surface area contributed by atoms with Gasteiger partial charge >= 0.3 is 5.97 Å². The second-order valence-corrected chi connectivity index (χ2v) is 7.71. The predicted molar refractivity (Wildman–Crippen MR) is 123 cm³/mol. The lowest BCUT2D eigenvalue weighted by atomic mass is 10.2. The Morgan fingerprint density at radius 1 is 1.00 bits per heavy atom. The van der Waals surface area contributed by atoms with Crippen molar-refractivity contribution < 1.29 is 19.1 Å². The SMILES string of the molecule is CC(Oc1ccc(Br)cc1)C(=O)NN=Cc1ccc(OC(=O)c2ccccc2Cl)cc1. The van der Waals surface area contributed by atoms with Gasteiger partial charge in [-0.25, -0.2) is 10.2 Å². The Morgan fingerprint density at radius 3 is 2.32 bits per heavy atom. The molecule has 8 heteroatoms. The standard InChI is InChI=1S/C23H18BrClN2O4/c1-15(30-18-12-8-17(24)9-13-18)22(28)27-26-14-16-6-10-19(11-7-16)31-23(29)20-4-2-3-5-21(20)25/h2-15H,1H3,(H,27,28). The molecule has 0 heterocycles. The number of hydrogen-bond donors (Lipinski definition) is 1. The normalized spacial score (nSPS) is 11.7. The molecule has 3 aromatic rings. The van der Waals surface area contributed by atoms with Crippen molar-refractivity contribution in [2.24, 2.45) is 5.10 Å². The molecule has 0 saturated heterocycles. The van der Waals surface area contributed by atoms with Crippen molar-refractivity contribution in [1.29, 1.82) is 0 Å². The zero-order valence-corrected chi connectivity index (χ0v) is 18.8. The maximum atomic E-state index is 12.2. The minimum atomic E-state index is -0.718. The van der Waals surface area contributed by atoms with Crippen molar-refractivity contribution >= 4 is 45.6 Å². The van der Waals surface area contributed by atoms with Gasteiger partial charge in [-0.3, -0.25) is 4.79 Å². The second-order valence-electron chi connectivity index (χ2n) is 6.39. The Labute approximate surface area is 193 Å². The summed E-state index contributed by atoms with van der Waals surface area (Å²) in [6.45, 7) is 1.63. The smallest absolute Gasteiger partial charge is 0.345 e. The van der Waals surface area contributed by atoms with Crippen LogP contribution < -0.4 is 14.9 Å². The fraction of sp³-hybridized carbons (Fsp3) is 0.0870. The number of halogens is 2. The third-order valence-electron chi connectivity index (χ3n) is 4.07. The van der Waals surface area contributed by atoms with E-state index in [1.54, 1.807) is 67.6 Å². The number of hydrazone groups is 1. The highest BCUT2D eigenvalue weighted by Crippen LogP contribution is 2.19. The van der Waals surface area contributed by atoms with Crippen molar-refractivity contribution in [3.63, 3.8) is 0 Å². The van der Waals surface area contributed by atoms with Crippen molar-refractivity contribution in [3.8, 4) is 11.5 Å². The first-order valence-electron chi connectivity index (χ1n) is 9.24. The van der Waals surface area contributed by atoms with Crippen molar-refractivity contribution in [3.05, 3.63) is 93.4 Å². The van der Waals surface area contributed by atoms with Gasteiger partial charge in [0.05, 0.1) is 16.8 Å². The highest BCUT2D eigenvalue weighted by Gasteiger charge is 2.14. The van der Waals surface area contributed by atoms with E-state index in [9.17, 15) is 9.59 Å². The average molecular weight is 502 g/mol. The number of amides is 1. The van der Waals surface area contributed by atoms with E-state index in [0.717, 1.165) is 4.47 Å². The molecular formula is C23H18BrClN2O4. The summed E-state index contributed by atoms with van der Waals surface area (Å²) >= 11 is 9.35. The summed E-state index contributed by atoms with van der Waals surface area (Å²) in [7, 11) is 0. The molecule has 0 aromatic heterocycles. The van der Waals surface area contributed by atoms with E-state index in [0.29, 0.717) is 22.1 Å². The Kier molecular flexibility index (Phi) is 7.81. The summed E-state index contributed by atoms with van der Waals surface area (Å²) in [5.41, 5.74) is 3.43. The molecule has 0 aliphatic heterocycles. The van der Waals surface area contributed by atoms with Gasteiger partial charge in [0.1, 0.15) is 11.5 Å². The van der Waals surface area contributed by atoms with Crippen LogP contribution in [0.4, 0.5) is 0 Å². The average Bonchev–Trinajstić information content (AvgIpc) is 2.76. The fourth-order valence-corrected chi connectivity index (χ4v) is 2.92. The molecule has 0 aliphatic rings. The van der Waals surface area contributed by atoms with E-state index in [1.807, 2.05) is 12.1 Å². The number of nitrogens with one attached hydrogen (secondary N) is 1. The van der Waals surface area contributed by atoms with Crippen molar-refractivity contribution in [1.82, 2.24) is 5.43 Å². The molecular weight excluding hydrogens is 484 g/mol. The molecule has 6 nitrogen and oxygen atoms in total. The topological polar surface area (TPSA) is 77.0 Å². The van der Waals surface area contributed by atoms with E-state index < -0.39 is 12.1 Å². The molecule has 0 aliphatic carbocycles. The molecule has 0 spiro atoms. The van der Waals surface area contributed by atoms with Crippen LogP contribution in [0.25, 0.3) is 0 Å². The Hall–Kier alpha value is -3.16. The van der Waals surface area contributed by atoms with Gasteiger partial charge in [-0.05, 0) is 73.2 Å². The molecule has 31 heavy (non-hydrogen) atoms. The molecule has 0 bridgehead atoms. The molecule has 0 fully saturated rings. The minimum Gasteiger partial charge on any atom is -0.481 e. The van der Waals surface area contributed by atoms with E-state index in [2.05, 4.69) is 26.5 Å². The molecule has 0 radical (unpaired) electrons. The second kappa shape index (κ2) is 10.7. The summed E-state index contributed by atoms with van der Waals surface area (Å²) in [6.07, 6.45) is 0.758. The quantitative estimate of drug-likeness (QED) is 0.208. The van der Waals surface area contributed by atoms with Crippen LogP contribution in [0.15, 0.2) is 82.4 Å². The van der Waals surface area contributed by atoms with Gasteiger partial charge in [0, 0.05) is 4.47 Å². The van der Waals surface area contributed by atoms with E-state index >= 15 is 0 Å². The Morgan fingerprint density at radius 2 is 1.65 bits per heavy atom. The molecule has 3 rings (SSSR count). The number of nitrogens with zero attached hydrogens (tertiary/aromatic N) is 1. The van der Waals surface area contributed by atoms with Crippen LogP contribution in [-0.4, -0.2) is 24.2 Å². The number of carbonyl (C=O) groups is 2. The Balaban J connectivity index is 1.51. The van der Waals surface area contributed by atoms with Crippen LogP contribution in [0.2, 0.25) is 5.02 Å². The first kappa shape index (κ1) is 22.5. The van der Waals surface area contributed by atoms with Gasteiger partial charge in [0.2, 0.25) is 0 Å². The summed E-state index contributed by atoms with van der Waals surface area (Å²) in [4.78, 5) is 24.3. The highest BCUT2D eigenvalue weighted by molar-refractivity contribution is 9.10. The van der Waals surface area contributed by atoms with Crippen LogP contribution in [-0.2, 0) is 4.79 Å². The Bertz CT molecular complexity index is 1090.